The van der Waals surface area contributed by atoms with Gasteiger partial charge in [-0.2, -0.15) is 0 Å². The van der Waals surface area contributed by atoms with E-state index in [-0.39, 0.29) is 100 Å². The second-order valence-corrected chi connectivity index (χ2v) is 0. The second kappa shape index (κ2) is 16.4. The van der Waals surface area contributed by atoms with Gasteiger partial charge >= 0.3 is 101 Å². The summed E-state index contributed by atoms with van der Waals surface area (Å²) in [5, 5.41) is 0. The van der Waals surface area contributed by atoms with E-state index in [1.165, 1.54) is 0 Å². The molecule has 0 spiro atoms. The van der Waals surface area contributed by atoms with E-state index < -0.39 is 0 Å². The molecule has 0 bridgehead atoms. The topological polar surface area (TPSA) is 17.1 Å². The van der Waals surface area contributed by atoms with Crippen LogP contribution < -0.4 is 0 Å². The molecule has 4 heteroatoms. The first-order valence-electron chi connectivity index (χ1n) is 0.236. The number of hydrogen-bond donors (Lipinski definition) is 0. The van der Waals surface area contributed by atoms with Crippen molar-refractivity contribution in [1.29, 1.82) is 0 Å². The molecule has 0 fully saturated rings. The molecule has 4 heavy (non-hydrogen) atoms. The van der Waals surface area contributed by atoms with Crippen molar-refractivity contribution in [2.45, 2.75) is 0 Å². The second-order valence-electron chi connectivity index (χ2n) is 0. The average molecular weight is 225 g/mol. The van der Waals surface area contributed by atoms with Crippen molar-refractivity contribution in [2.24, 2.45) is 0 Å². The van der Waals surface area contributed by atoms with Gasteiger partial charge in [-0.05, 0) is 0 Å². The maximum absolute atomic E-state index is 8.42. The SMILES string of the molecule is [CaH2].[MgH2].[O]=[Pr]. The molecule has 0 unspecified atom stereocenters. The first kappa shape index (κ1) is 15.7. The molecule has 0 aliphatic heterocycles. The van der Waals surface area contributed by atoms with Gasteiger partial charge in [-0.25, -0.2) is 0 Å². The van der Waals surface area contributed by atoms with Crippen LogP contribution in [-0.2, 0) is 0.995 Å². The Balaban J connectivity index is -0.00000000500. The van der Waals surface area contributed by atoms with Crippen LogP contribution in [-0.4, -0.2) is 60.8 Å². The zero-order valence-corrected chi connectivity index (χ0v) is 4.69. The van der Waals surface area contributed by atoms with Gasteiger partial charge in [0.1, 0.15) is 0 Å². The van der Waals surface area contributed by atoms with E-state index in [1.54, 1.807) is 0 Å². The molecule has 0 aromatic carbocycles. The minimum absolute atomic E-state index is 0. The molecule has 0 saturated heterocycles. The third kappa shape index (κ3) is 8.95. The van der Waals surface area contributed by atoms with Crippen LogP contribution in [0.25, 0.3) is 0 Å². The molecule has 0 aliphatic rings. The van der Waals surface area contributed by atoms with Gasteiger partial charge in [0.2, 0.25) is 0 Å². The summed E-state index contributed by atoms with van der Waals surface area (Å²) >= 11 is -0.0833. The molecule has 0 heterocycles. The summed E-state index contributed by atoms with van der Waals surface area (Å²) in [6.07, 6.45) is 0. The Morgan fingerprint density at radius 1 is 1.25 bits per heavy atom. The van der Waals surface area contributed by atoms with Crippen molar-refractivity contribution in [3.8, 4) is 0 Å². The molecule has 0 saturated carbocycles. The van der Waals surface area contributed by atoms with Crippen LogP contribution in [0.15, 0.2) is 0 Å². The van der Waals surface area contributed by atoms with Crippen molar-refractivity contribution in [3.05, 3.63) is 0 Å². The molecule has 0 amide bonds. The third-order valence-corrected chi connectivity index (χ3v) is 0. The zero-order chi connectivity index (χ0) is 2.00. The molecular formula is H4CaMgOPr. The van der Waals surface area contributed by atoms with Crippen molar-refractivity contribution in [1.82, 2.24) is 0 Å². The van der Waals surface area contributed by atoms with Crippen LogP contribution in [0.2, 0.25) is 0 Å². The maximum atomic E-state index is 8.42. The Morgan fingerprint density at radius 3 is 1.25 bits per heavy atom. The summed E-state index contributed by atoms with van der Waals surface area (Å²) in [6.45, 7) is 0. The van der Waals surface area contributed by atoms with Crippen molar-refractivity contribution >= 4 is 60.8 Å². The van der Waals surface area contributed by atoms with E-state index in [0.29, 0.717) is 0 Å². The number of hydrogen-bond acceptors (Lipinski definition) is 1. The molecule has 0 aliphatic carbocycles. The predicted molar refractivity (Wildman–Crippen MR) is 17.8 cm³/mol. The van der Waals surface area contributed by atoms with Crippen LogP contribution in [0.3, 0.4) is 0 Å². The molecule has 0 atom stereocenters. The Bertz CT molecular complexity index is 8.00. The molecule has 0 N–H and O–H groups in total. The molecule has 0 aromatic rings. The fourth-order valence-electron chi connectivity index (χ4n) is 0. The van der Waals surface area contributed by atoms with E-state index in [2.05, 4.69) is 0 Å². The van der Waals surface area contributed by atoms with E-state index in [1.807, 2.05) is 0 Å². The van der Waals surface area contributed by atoms with E-state index >= 15 is 0 Å². The third-order valence-electron chi connectivity index (χ3n) is 0. The Labute approximate surface area is 98.2 Å². The average Bonchev–Trinajstić information content (AvgIpc) is 1.00. The standard InChI is InChI=1S/Ca.Mg.O.Pr.4H. The van der Waals surface area contributed by atoms with Gasteiger partial charge in [0.05, 0.1) is 0 Å². The van der Waals surface area contributed by atoms with E-state index in [9.17, 15) is 0 Å². The summed E-state index contributed by atoms with van der Waals surface area (Å²) in [4.78, 5) is 0. The molecule has 0 aromatic heterocycles. The predicted octanol–water partition coefficient (Wildman–Crippen LogP) is -1.95. The van der Waals surface area contributed by atoms with Gasteiger partial charge in [-0.1, -0.05) is 0 Å². The Hall–Kier alpha value is 3.19. The zero-order valence-electron chi connectivity index (χ0n) is 0.986. The Morgan fingerprint density at radius 2 is 1.25 bits per heavy atom. The van der Waals surface area contributed by atoms with Crippen LogP contribution in [0, 0.1) is 39.3 Å². The molecular weight excluding hydrogens is 221 g/mol. The van der Waals surface area contributed by atoms with Crippen molar-refractivity contribution in [2.75, 3.05) is 0 Å². The van der Waals surface area contributed by atoms with Gasteiger partial charge in [-0.15, -0.1) is 0 Å². The molecule has 0 radical (unpaired) electrons. The summed E-state index contributed by atoms with van der Waals surface area (Å²) in [5.41, 5.74) is 0. The summed E-state index contributed by atoms with van der Waals surface area (Å²) in [5.74, 6) is 0. The molecule has 1 nitrogen and oxygen atoms in total. The van der Waals surface area contributed by atoms with E-state index in [0.717, 1.165) is 0 Å². The van der Waals surface area contributed by atoms with Gasteiger partial charge < -0.3 is 0 Å². The quantitative estimate of drug-likeness (QED) is 0.438. The summed E-state index contributed by atoms with van der Waals surface area (Å²) in [7, 11) is 0. The first-order chi connectivity index (χ1) is 1.00. The fraction of sp³-hybridized carbons (Fsp3) is 0. The van der Waals surface area contributed by atoms with Gasteiger partial charge in [0.25, 0.3) is 0 Å². The van der Waals surface area contributed by atoms with Gasteiger partial charge in [0, 0.05) is 0 Å². The molecule has 0 rings (SSSR count). The Kier molecular flexibility index (Phi) is 64.3. The summed E-state index contributed by atoms with van der Waals surface area (Å²) in [6, 6.07) is 0. The van der Waals surface area contributed by atoms with Crippen LogP contribution >= 0.6 is 0 Å². The van der Waals surface area contributed by atoms with Gasteiger partial charge in [0.15, 0.2) is 0 Å². The normalized spacial score (nSPS) is 1.50. The monoisotopic (exact) mass is 225 g/mol. The first-order valence-corrected chi connectivity index (χ1v) is 1.75. The van der Waals surface area contributed by atoms with Gasteiger partial charge in [-0.3, -0.25) is 0 Å². The van der Waals surface area contributed by atoms with Crippen LogP contribution in [0.1, 0.15) is 0 Å². The number of rotatable bonds is 0. The summed E-state index contributed by atoms with van der Waals surface area (Å²) < 4.78 is 8.42. The minimum atomic E-state index is -0.0833. The van der Waals surface area contributed by atoms with Crippen LogP contribution in [0.4, 0.5) is 0 Å². The van der Waals surface area contributed by atoms with Crippen molar-refractivity contribution < 1.29 is 40.3 Å². The van der Waals surface area contributed by atoms with E-state index in [4.69, 9.17) is 0.995 Å². The van der Waals surface area contributed by atoms with Crippen LogP contribution in [0.5, 0.6) is 0 Å². The molecule has 17 valence electrons. The van der Waals surface area contributed by atoms with Crippen molar-refractivity contribution in [3.63, 3.8) is 0 Å². The fourth-order valence-corrected chi connectivity index (χ4v) is 0.